The predicted octanol–water partition coefficient (Wildman–Crippen LogP) is 2.33. The fourth-order valence-corrected chi connectivity index (χ4v) is 2.96. The van der Waals surface area contributed by atoms with Crippen molar-refractivity contribution in [2.75, 3.05) is 31.1 Å². The molecule has 1 unspecified atom stereocenters. The van der Waals surface area contributed by atoms with E-state index in [0.29, 0.717) is 11.5 Å². The molecular formula is C20H27N5O. The molecule has 2 heterocycles. The maximum atomic E-state index is 12.1. The number of carbonyl (C=O) groups is 1. The molecule has 6 nitrogen and oxygen atoms in total. The third-order valence-corrected chi connectivity index (χ3v) is 4.79. The van der Waals surface area contributed by atoms with E-state index >= 15 is 0 Å². The highest BCUT2D eigenvalue weighted by atomic mass is 16.1. The number of rotatable bonds is 6. The van der Waals surface area contributed by atoms with E-state index in [2.05, 4.69) is 49.4 Å². The minimum atomic E-state index is -0.112. The molecule has 1 aromatic heterocycles. The van der Waals surface area contributed by atoms with Crippen molar-refractivity contribution in [1.29, 1.82) is 0 Å². The summed E-state index contributed by atoms with van der Waals surface area (Å²) >= 11 is 0. The van der Waals surface area contributed by atoms with Gasteiger partial charge in [-0.25, -0.2) is 9.97 Å². The van der Waals surface area contributed by atoms with E-state index < -0.39 is 0 Å². The molecule has 0 saturated carbocycles. The van der Waals surface area contributed by atoms with Crippen LogP contribution in [-0.4, -0.2) is 53.0 Å². The van der Waals surface area contributed by atoms with Crippen molar-refractivity contribution in [3.63, 3.8) is 0 Å². The normalized spacial score (nSPS) is 16.3. The molecule has 1 aromatic carbocycles. The molecule has 1 saturated heterocycles. The summed E-state index contributed by atoms with van der Waals surface area (Å²) in [6.07, 6.45) is 4.14. The first-order chi connectivity index (χ1) is 12.7. The molecule has 0 bridgehead atoms. The monoisotopic (exact) mass is 353 g/mol. The second-order valence-corrected chi connectivity index (χ2v) is 6.80. The Bertz CT molecular complexity index is 696. The Morgan fingerprint density at radius 2 is 1.77 bits per heavy atom. The molecule has 0 aliphatic carbocycles. The molecule has 1 amide bonds. The van der Waals surface area contributed by atoms with Gasteiger partial charge in [0.05, 0.1) is 5.56 Å². The minimum absolute atomic E-state index is 0.112. The van der Waals surface area contributed by atoms with Crippen LogP contribution in [0.1, 0.15) is 36.2 Å². The first-order valence-corrected chi connectivity index (χ1v) is 9.30. The van der Waals surface area contributed by atoms with E-state index in [9.17, 15) is 4.79 Å². The van der Waals surface area contributed by atoms with Crippen molar-refractivity contribution in [2.24, 2.45) is 0 Å². The molecule has 0 radical (unpaired) electrons. The first-order valence-electron chi connectivity index (χ1n) is 9.30. The summed E-state index contributed by atoms with van der Waals surface area (Å²) in [4.78, 5) is 25.5. The second kappa shape index (κ2) is 8.76. The molecule has 1 aliphatic heterocycles. The zero-order valence-electron chi connectivity index (χ0n) is 15.6. The number of piperazine rings is 1. The van der Waals surface area contributed by atoms with E-state index in [1.54, 1.807) is 12.4 Å². The largest absolute Gasteiger partial charge is 0.350 e. The van der Waals surface area contributed by atoms with Crippen LogP contribution in [0.5, 0.6) is 0 Å². The first kappa shape index (κ1) is 18.3. The fourth-order valence-electron chi connectivity index (χ4n) is 2.96. The third kappa shape index (κ3) is 4.79. The summed E-state index contributed by atoms with van der Waals surface area (Å²) in [5.41, 5.74) is 1.85. The van der Waals surface area contributed by atoms with Gasteiger partial charge in [0.1, 0.15) is 0 Å². The number of aromatic nitrogens is 2. The van der Waals surface area contributed by atoms with Crippen molar-refractivity contribution in [3.05, 3.63) is 53.9 Å². The van der Waals surface area contributed by atoms with Gasteiger partial charge in [-0.3, -0.25) is 9.69 Å². The smallest absolute Gasteiger partial charge is 0.254 e. The number of nitrogens with one attached hydrogen (secondary N) is 1. The predicted molar refractivity (Wildman–Crippen MR) is 103 cm³/mol. The quantitative estimate of drug-likeness (QED) is 0.864. The summed E-state index contributed by atoms with van der Waals surface area (Å²) in [5, 5.41) is 2.93. The summed E-state index contributed by atoms with van der Waals surface area (Å²) in [6, 6.07) is 10.7. The number of amides is 1. The minimum Gasteiger partial charge on any atom is -0.350 e. The maximum Gasteiger partial charge on any atom is 0.254 e. The molecule has 6 heteroatoms. The highest BCUT2D eigenvalue weighted by molar-refractivity contribution is 5.93. The van der Waals surface area contributed by atoms with E-state index in [1.165, 1.54) is 5.56 Å². The molecule has 26 heavy (non-hydrogen) atoms. The summed E-state index contributed by atoms with van der Waals surface area (Å²) < 4.78 is 0. The number of benzene rings is 1. The van der Waals surface area contributed by atoms with E-state index in [-0.39, 0.29) is 11.9 Å². The number of carbonyl (C=O) groups excluding carboxylic acids is 1. The molecule has 2 aromatic rings. The summed E-state index contributed by atoms with van der Waals surface area (Å²) in [7, 11) is 0. The Kier molecular flexibility index (Phi) is 6.17. The van der Waals surface area contributed by atoms with Gasteiger partial charge in [0, 0.05) is 51.2 Å². The molecule has 3 rings (SSSR count). The van der Waals surface area contributed by atoms with Gasteiger partial charge in [-0.05, 0) is 18.9 Å². The average molecular weight is 353 g/mol. The van der Waals surface area contributed by atoms with Crippen LogP contribution in [-0.2, 0) is 6.54 Å². The van der Waals surface area contributed by atoms with E-state index in [1.807, 2.05) is 19.9 Å². The zero-order chi connectivity index (χ0) is 18.4. The van der Waals surface area contributed by atoms with Crippen LogP contribution in [0, 0.1) is 0 Å². The standard InChI is InChI=1S/C20H27N5O/c1-3-16(2)23-19(26)18-13-21-20(22-14-18)25-11-9-24(10-12-25)15-17-7-5-4-6-8-17/h4-8,13-14,16H,3,9-12,15H2,1-2H3,(H,23,26). The van der Waals surface area contributed by atoms with Gasteiger partial charge in [-0.2, -0.15) is 0 Å². The van der Waals surface area contributed by atoms with Gasteiger partial charge in [0.15, 0.2) is 0 Å². The Morgan fingerprint density at radius 1 is 1.12 bits per heavy atom. The van der Waals surface area contributed by atoms with Gasteiger partial charge in [0.25, 0.3) is 5.91 Å². The van der Waals surface area contributed by atoms with Gasteiger partial charge in [0.2, 0.25) is 5.95 Å². The van der Waals surface area contributed by atoms with Crippen molar-refractivity contribution < 1.29 is 4.79 Å². The summed E-state index contributed by atoms with van der Waals surface area (Å²) in [6.45, 7) is 8.76. The fraction of sp³-hybridized carbons (Fsp3) is 0.450. The highest BCUT2D eigenvalue weighted by Gasteiger charge is 2.19. The number of hydrogen-bond donors (Lipinski definition) is 1. The Morgan fingerprint density at radius 3 is 2.38 bits per heavy atom. The topological polar surface area (TPSA) is 61.4 Å². The van der Waals surface area contributed by atoms with E-state index in [0.717, 1.165) is 39.1 Å². The molecule has 1 aliphatic rings. The molecule has 1 fully saturated rings. The summed E-state index contributed by atoms with van der Waals surface area (Å²) in [5.74, 6) is 0.586. The average Bonchev–Trinajstić information content (AvgIpc) is 2.69. The lowest BCUT2D eigenvalue weighted by molar-refractivity contribution is 0.0938. The number of anilines is 1. The molecule has 0 spiro atoms. The second-order valence-electron chi connectivity index (χ2n) is 6.80. The highest BCUT2D eigenvalue weighted by Crippen LogP contribution is 2.13. The van der Waals surface area contributed by atoms with Crippen LogP contribution < -0.4 is 10.2 Å². The SMILES string of the molecule is CCC(C)NC(=O)c1cnc(N2CCN(Cc3ccccc3)CC2)nc1. The van der Waals surface area contributed by atoms with Crippen LogP contribution in [0.25, 0.3) is 0 Å². The Labute approximate surface area is 155 Å². The third-order valence-electron chi connectivity index (χ3n) is 4.79. The Hall–Kier alpha value is -2.47. The lowest BCUT2D eigenvalue weighted by atomic mass is 10.2. The van der Waals surface area contributed by atoms with Gasteiger partial charge in [-0.1, -0.05) is 37.3 Å². The van der Waals surface area contributed by atoms with Crippen molar-refractivity contribution in [3.8, 4) is 0 Å². The van der Waals surface area contributed by atoms with Crippen molar-refractivity contribution in [1.82, 2.24) is 20.2 Å². The maximum absolute atomic E-state index is 12.1. The van der Waals surface area contributed by atoms with Gasteiger partial charge >= 0.3 is 0 Å². The van der Waals surface area contributed by atoms with Crippen LogP contribution in [0.4, 0.5) is 5.95 Å². The number of nitrogens with zero attached hydrogens (tertiary/aromatic N) is 4. The zero-order valence-corrected chi connectivity index (χ0v) is 15.6. The molecule has 1 N–H and O–H groups in total. The van der Waals surface area contributed by atoms with Gasteiger partial charge < -0.3 is 10.2 Å². The van der Waals surface area contributed by atoms with E-state index in [4.69, 9.17) is 0 Å². The van der Waals surface area contributed by atoms with Crippen molar-refractivity contribution in [2.45, 2.75) is 32.9 Å². The lowest BCUT2D eigenvalue weighted by Gasteiger charge is -2.34. The van der Waals surface area contributed by atoms with Crippen LogP contribution in [0.2, 0.25) is 0 Å². The van der Waals surface area contributed by atoms with Crippen LogP contribution in [0.15, 0.2) is 42.7 Å². The molecule has 138 valence electrons. The van der Waals surface area contributed by atoms with Crippen molar-refractivity contribution >= 4 is 11.9 Å². The molecular weight excluding hydrogens is 326 g/mol. The lowest BCUT2D eigenvalue weighted by Crippen LogP contribution is -2.46. The Balaban J connectivity index is 1.52. The molecule has 1 atom stereocenters. The van der Waals surface area contributed by atoms with Gasteiger partial charge in [-0.15, -0.1) is 0 Å². The van der Waals surface area contributed by atoms with Crippen LogP contribution in [0.3, 0.4) is 0 Å². The number of hydrogen-bond acceptors (Lipinski definition) is 5. The van der Waals surface area contributed by atoms with Crippen LogP contribution >= 0.6 is 0 Å².